The molecule has 0 amide bonds. The van der Waals surface area contributed by atoms with E-state index in [0.717, 1.165) is 10.9 Å². The largest absolute Gasteiger partial charge is 0.439 e. The lowest BCUT2D eigenvalue weighted by molar-refractivity contribution is -0.0498. The van der Waals surface area contributed by atoms with E-state index in [1.165, 1.54) is 12.1 Å². The summed E-state index contributed by atoms with van der Waals surface area (Å²) in [6.45, 7) is -2.88. The molecule has 0 spiro atoms. The van der Waals surface area contributed by atoms with Gasteiger partial charge in [0.25, 0.3) is 0 Å². The van der Waals surface area contributed by atoms with Crippen molar-refractivity contribution in [2.75, 3.05) is 0 Å². The number of hydrogen-bond acceptors (Lipinski definition) is 6. The fourth-order valence-electron chi connectivity index (χ4n) is 3.17. The summed E-state index contributed by atoms with van der Waals surface area (Å²) >= 11 is 0. The third-order valence-electron chi connectivity index (χ3n) is 4.44. The third-order valence-corrected chi connectivity index (χ3v) is 4.44. The van der Waals surface area contributed by atoms with Crippen LogP contribution in [0.4, 0.5) is 8.78 Å². The molecule has 5 aromatic rings. The lowest BCUT2D eigenvalue weighted by Crippen LogP contribution is -2.01. The second-order valence-corrected chi connectivity index (χ2v) is 6.49. The van der Waals surface area contributed by atoms with Crippen molar-refractivity contribution in [2.45, 2.75) is 6.61 Å². The molecule has 8 nitrogen and oxygen atoms in total. The summed E-state index contributed by atoms with van der Waals surface area (Å²) in [5, 5.41) is 13.7. The number of hydrogen-bond donors (Lipinski definition) is 0. The van der Waals surface area contributed by atoms with E-state index >= 15 is 0 Å². The van der Waals surface area contributed by atoms with E-state index in [4.69, 9.17) is 4.74 Å². The number of halogens is 2. The van der Waals surface area contributed by atoms with Gasteiger partial charge in [0, 0.05) is 30.3 Å². The van der Waals surface area contributed by atoms with Gasteiger partial charge < -0.3 is 9.47 Å². The molecule has 0 fully saturated rings. The monoisotopic (exact) mass is 408 g/mol. The number of ether oxygens (including phenoxy) is 2. The summed E-state index contributed by atoms with van der Waals surface area (Å²) in [5.41, 5.74) is 1.93. The van der Waals surface area contributed by atoms with Crippen molar-refractivity contribution >= 4 is 16.6 Å². The molecule has 0 aliphatic heterocycles. The molecule has 0 saturated carbocycles. The van der Waals surface area contributed by atoms with E-state index < -0.39 is 6.61 Å². The van der Waals surface area contributed by atoms with E-state index in [1.807, 2.05) is 31.4 Å². The van der Waals surface area contributed by atoms with Gasteiger partial charge in [-0.15, -0.1) is 10.2 Å². The molecule has 10 heteroatoms. The fourth-order valence-corrected chi connectivity index (χ4v) is 3.17. The van der Waals surface area contributed by atoms with E-state index in [0.29, 0.717) is 28.7 Å². The smallest absolute Gasteiger partial charge is 0.387 e. The number of alkyl halides is 2. The molecule has 2 aromatic carbocycles. The normalized spacial score (nSPS) is 11.5. The van der Waals surface area contributed by atoms with Crippen LogP contribution >= 0.6 is 0 Å². The van der Waals surface area contributed by atoms with E-state index in [1.54, 1.807) is 33.6 Å². The first kappa shape index (κ1) is 18.0. The van der Waals surface area contributed by atoms with Crippen LogP contribution in [-0.4, -0.2) is 36.0 Å². The first-order valence-electron chi connectivity index (χ1n) is 8.92. The fraction of sp³-hybridized carbons (Fsp3) is 0.100. The standard InChI is InChI=1S/C20H14F2N6O2/c1-27-11-13-4-7-15(8-16(13)26-27)29-18-10-23-9-17-24-25-19(28(17)18)12-2-5-14(6-3-12)30-20(21)22/h2-11,20H,1H3. The minimum absolute atomic E-state index is 0.0596. The summed E-state index contributed by atoms with van der Waals surface area (Å²) in [6, 6.07) is 11.7. The predicted octanol–water partition coefficient (Wildman–Crippen LogP) is 4.07. The van der Waals surface area contributed by atoms with Crippen molar-refractivity contribution in [3.05, 3.63) is 61.1 Å². The van der Waals surface area contributed by atoms with Crippen LogP contribution < -0.4 is 9.47 Å². The van der Waals surface area contributed by atoms with Gasteiger partial charge in [0.2, 0.25) is 5.88 Å². The third kappa shape index (κ3) is 3.28. The Labute approximate surface area is 168 Å². The SMILES string of the molecule is Cn1cc2ccc(Oc3cncc4nnc(-c5ccc(OC(F)F)cc5)n34)cc2n1. The van der Waals surface area contributed by atoms with Gasteiger partial charge in [0.05, 0.1) is 17.9 Å². The Kier molecular flexibility index (Phi) is 4.24. The molecule has 0 unspecified atom stereocenters. The Morgan fingerprint density at radius 1 is 0.967 bits per heavy atom. The maximum absolute atomic E-state index is 12.4. The molecule has 0 N–H and O–H groups in total. The molecular formula is C20H14F2N6O2. The van der Waals surface area contributed by atoms with Gasteiger partial charge in [0.15, 0.2) is 11.5 Å². The Bertz CT molecular complexity index is 1350. The molecule has 0 saturated heterocycles. The second kappa shape index (κ2) is 7.07. The lowest BCUT2D eigenvalue weighted by Gasteiger charge is -2.09. The molecule has 5 rings (SSSR count). The second-order valence-electron chi connectivity index (χ2n) is 6.49. The average Bonchev–Trinajstić information content (AvgIpc) is 3.31. The topological polar surface area (TPSA) is 79.4 Å². The highest BCUT2D eigenvalue weighted by atomic mass is 19.3. The van der Waals surface area contributed by atoms with Crippen LogP contribution in [0.1, 0.15) is 0 Å². The van der Waals surface area contributed by atoms with Gasteiger partial charge in [0.1, 0.15) is 11.5 Å². The summed E-state index contributed by atoms with van der Waals surface area (Å²) in [4.78, 5) is 4.16. The first-order valence-corrected chi connectivity index (χ1v) is 8.92. The summed E-state index contributed by atoms with van der Waals surface area (Å²) in [6.07, 6.45) is 5.02. The molecule has 0 atom stereocenters. The van der Waals surface area contributed by atoms with Crippen LogP contribution in [0.2, 0.25) is 0 Å². The number of rotatable bonds is 5. The molecule has 0 bridgehead atoms. The predicted molar refractivity (Wildman–Crippen MR) is 104 cm³/mol. The first-order chi connectivity index (χ1) is 14.6. The van der Waals surface area contributed by atoms with Gasteiger partial charge in [-0.2, -0.15) is 13.9 Å². The van der Waals surface area contributed by atoms with E-state index in [-0.39, 0.29) is 5.75 Å². The number of fused-ring (bicyclic) bond motifs is 2. The lowest BCUT2D eigenvalue weighted by atomic mass is 10.2. The van der Waals surface area contributed by atoms with Gasteiger partial charge in [-0.1, -0.05) is 0 Å². The highest BCUT2D eigenvalue weighted by Crippen LogP contribution is 2.29. The van der Waals surface area contributed by atoms with Crippen molar-refractivity contribution < 1.29 is 18.3 Å². The average molecular weight is 408 g/mol. The number of aromatic nitrogens is 6. The van der Waals surface area contributed by atoms with Crippen LogP contribution in [0.15, 0.2) is 61.1 Å². The summed E-state index contributed by atoms with van der Waals surface area (Å²) in [7, 11) is 1.85. The Morgan fingerprint density at radius 2 is 1.77 bits per heavy atom. The minimum atomic E-state index is -2.88. The summed E-state index contributed by atoms with van der Waals surface area (Å²) < 4.78 is 38.6. The van der Waals surface area contributed by atoms with Gasteiger partial charge in [-0.25, -0.2) is 4.40 Å². The zero-order valence-electron chi connectivity index (χ0n) is 15.6. The van der Waals surface area contributed by atoms with Crippen LogP contribution in [0.25, 0.3) is 27.9 Å². The zero-order chi connectivity index (χ0) is 20.7. The molecule has 3 heterocycles. The van der Waals surface area contributed by atoms with Gasteiger partial charge in [-0.05, 0) is 36.4 Å². The number of benzene rings is 2. The van der Waals surface area contributed by atoms with Crippen molar-refractivity contribution in [3.63, 3.8) is 0 Å². The molecule has 150 valence electrons. The van der Waals surface area contributed by atoms with Crippen LogP contribution in [-0.2, 0) is 7.05 Å². The summed E-state index contributed by atoms with van der Waals surface area (Å²) in [5.74, 6) is 1.51. The van der Waals surface area contributed by atoms with Crippen LogP contribution in [0, 0.1) is 0 Å². The van der Waals surface area contributed by atoms with Crippen molar-refractivity contribution in [2.24, 2.45) is 7.05 Å². The van der Waals surface area contributed by atoms with E-state index in [2.05, 4.69) is 25.0 Å². The van der Waals surface area contributed by atoms with Crippen molar-refractivity contribution in [3.8, 4) is 28.8 Å². The molecule has 0 radical (unpaired) electrons. The molecule has 0 aliphatic carbocycles. The minimum Gasteiger partial charge on any atom is -0.439 e. The molecular weight excluding hydrogens is 394 g/mol. The highest BCUT2D eigenvalue weighted by molar-refractivity contribution is 5.79. The Morgan fingerprint density at radius 3 is 2.57 bits per heavy atom. The maximum Gasteiger partial charge on any atom is 0.387 e. The van der Waals surface area contributed by atoms with Crippen LogP contribution in [0.5, 0.6) is 17.4 Å². The van der Waals surface area contributed by atoms with Gasteiger partial charge >= 0.3 is 6.61 Å². The van der Waals surface area contributed by atoms with Gasteiger partial charge in [-0.3, -0.25) is 9.67 Å². The quantitative estimate of drug-likeness (QED) is 0.436. The zero-order valence-corrected chi connectivity index (χ0v) is 15.6. The van der Waals surface area contributed by atoms with Crippen molar-refractivity contribution in [1.82, 2.24) is 29.4 Å². The number of aryl methyl sites for hydroxylation is 1. The Hall–Kier alpha value is -4.08. The van der Waals surface area contributed by atoms with Crippen LogP contribution in [0.3, 0.4) is 0 Å². The van der Waals surface area contributed by atoms with E-state index in [9.17, 15) is 8.78 Å². The number of nitrogens with zero attached hydrogens (tertiary/aromatic N) is 6. The maximum atomic E-state index is 12.4. The highest BCUT2D eigenvalue weighted by Gasteiger charge is 2.15. The Balaban J connectivity index is 1.53. The molecule has 0 aliphatic rings. The van der Waals surface area contributed by atoms with Crippen molar-refractivity contribution in [1.29, 1.82) is 0 Å². The molecule has 3 aromatic heterocycles. The molecule has 30 heavy (non-hydrogen) atoms.